The van der Waals surface area contributed by atoms with Crippen LogP contribution in [0.25, 0.3) is 0 Å². The van der Waals surface area contributed by atoms with Gasteiger partial charge in [-0.1, -0.05) is 19.3 Å². The Hall–Kier alpha value is -1.15. The van der Waals surface area contributed by atoms with Gasteiger partial charge in [-0.25, -0.2) is 8.42 Å². The maximum absolute atomic E-state index is 13.1. The molecule has 0 spiro atoms. The predicted molar refractivity (Wildman–Crippen MR) is 93.0 cm³/mol. The van der Waals surface area contributed by atoms with Gasteiger partial charge in [-0.3, -0.25) is 14.5 Å². The van der Waals surface area contributed by atoms with Crippen LogP contribution in [0, 0.1) is 0 Å². The molecular weight excluding hydrogens is 344 g/mol. The first-order chi connectivity index (χ1) is 11.9. The second-order valence-corrected chi connectivity index (χ2v) is 9.85. The number of carboxylic acids is 1. The van der Waals surface area contributed by atoms with E-state index >= 15 is 0 Å². The fourth-order valence-electron chi connectivity index (χ4n) is 4.61. The van der Waals surface area contributed by atoms with Gasteiger partial charge in [0.2, 0.25) is 5.91 Å². The van der Waals surface area contributed by atoms with Gasteiger partial charge in [0, 0.05) is 12.1 Å². The molecule has 8 heteroatoms. The lowest BCUT2D eigenvalue weighted by Crippen LogP contribution is -2.53. The van der Waals surface area contributed by atoms with E-state index < -0.39 is 21.8 Å². The van der Waals surface area contributed by atoms with Gasteiger partial charge in [0.05, 0.1) is 18.1 Å². The molecule has 2 aliphatic heterocycles. The van der Waals surface area contributed by atoms with Crippen LogP contribution in [0.15, 0.2) is 0 Å². The van der Waals surface area contributed by atoms with Crippen molar-refractivity contribution in [2.45, 2.75) is 69.5 Å². The Balaban J connectivity index is 1.74. The number of carbonyl (C=O) groups excluding carboxylic acids is 1. The Morgan fingerprint density at radius 2 is 1.72 bits per heavy atom. The van der Waals surface area contributed by atoms with Gasteiger partial charge in [-0.15, -0.1) is 0 Å². The summed E-state index contributed by atoms with van der Waals surface area (Å²) in [6.45, 7) is 0.703. The molecule has 0 bridgehead atoms. The van der Waals surface area contributed by atoms with Gasteiger partial charge >= 0.3 is 5.97 Å². The summed E-state index contributed by atoms with van der Waals surface area (Å²) in [5, 5.41) is 9.32. The summed E-state index contributed by atoms with van der Waals surface area (Å²) in [6, 6.07) is -0.735. The zero-order valence-electron chi connectivity index (χ0n) is 14.6. The van der Waals surface area contributed by atoms with Crippen LogP contribution in [0.5, 0.6) is 0 Å². The average Bonchev–Trinajstić information content (AvgIpc) is 3.15. The van der Waals surface area contributed by atoms with Crippen LogP contribution in [0.3, 0.4) is 0 Å². The highest BCUT2D eigenvalue weighted by Gasteiger charge is 2.40. The molecular formula is C17H28N2O5S. The highest BCUT2D eigenvalue weighted by atomic mass is 32.2. The first kappa shape index (κ1) is 18.6. The number of sulfone groups is 1. The first-order valence-corrected chi connectivity index (χ1v) is 11.2. The van der Waals surface area contributed by atoms with Gasteiger partial charge in [0.25, 0.3) is 0 Å². The molecule has 3 aliphatic rings. The van der Waals surface area contributed by atoms with Crippen LogP contribution in [0.4, 0.5) is 0 Å². The zero-order valence-corrected chi connectivity index (χ0v) is 15.4. The molecule has 1 aliphatic carbocycles. The Morgan fingerprint density at radius 3 is 2.32 bits per heavy atom. The molecule has 1 saturated carbocycles. The number of likely N-dealkylation sites (tertiary alicyclic amines) is 1. The minimum atomic E-state index is -3.07. The lowest BCUT2D eigenvalue weighted by Gasteiger charge is -2.39. The van der Waals surface area contributed by atoms with E-state index in [-0.39, 0.29) is 36.0 Å². The summed E-state index contributed by atoms with van der Waals surface area (Å²) in [4.78, 5) is 28.0. The highest BCUT2D eigenvalue weighted by Crippen LogP contribution is 2.29. The second-order valence-electron chi connectivity index (χ2n) is 7.62. The van der Waals surface area contributed by atoms with Gasteiger partial charge in [-0.05, 0) is 38.6 Å². The highest BCUT2D eigenvalue weighted by molar-refractivity contribution is 7.91. The van der Waals surface area contributed by atoms with Crippen molar-refractivity contribution in [1.82, 2.24) is 9.80 Å². The zero-order chi connectivity index (χ0) is 18.0. The van der Waals surface area contributed by atoms with Crippen molar-refractivity contribution in [1.29, 1.82) is 0 Å². The molecule has 2 atom stereocenters. The lowest BCUT2D eigenvalue weighted by atomic mass is 9.92. The molecule has 0 aromatic carbocycles. The fourth-order valence-corrected chi connectivity index (χ4v) is 6.32. The minimum Gasteiger partial charge on any atom is -0.480 e. The minimum absolute atomic E-state index is 0.0532. The molecule has 0 radical (unpaired) electrons. The van der Waals surface area contributed by atoms with E-state index in [1.54, 1.807) is 4.90 Å². The Labute approximate surface area is 149 Å². The summed E-state index contributed by atoms with van der Waals surface area (Å²) in [5.41, 5.74) is 0. The van der Waals surface area contributed by atoms with Crippen LogP contribution in [0.2, 0.25) is 0 Å². The summed E-state index contributed by atoms with van der Waals surface area (Å²) >= 11 is 0. The van der Waals surface area contributed by atoms with E-state index in [4.69, 9.17) is 0 Å². The molecule has 1 N–H and O–H groups in total. The van der Waals surface area contributed by atoms with Crippen LogP contribution < -0.4 is 0 Å². The Bertz CT molecular complexity index is 615. The average molecular weight is 372 g/mol. The van der Waals surface area contributed by atoms with Gasteiger partial charge in [-0.2, -0.15) is 0 Å². The maximum atomic E-state index is 13.1. The number of carboxylic acid groups (broad SMARTS) is 1. The van der Waals surface area contributed by atoms with Gasteiger partial charge in [0.15, 0.2) is 9.84 Å². The smallest absolute Gasteiger partial charge is 0.320 e. The lowest BCUT2D eigenvalue weighted by molar-refractivity contribution is -0.144. The van der Waals surface area contributed by atoms with Crippen molar-refractivity contribution in [3.8, 4) is 0 Å². The third kappa shape index (κ3) is 4.34. The predicted octanol–water partition coefficient (Wildman–Crippen LogP) is 0.884. The van der Waals surface area contributed by atoms with Crippen molar-refractivity contribution in [3.63, 3.8) is 0 Å². The standard InChI is InChI=1S/C17H28N2O5S/c20-16(11-18-9-4-7-15(18)17(21)22)19(13-5-2-1-3-6-13)14-8-10-25(23,24)12-14/h13-15H,1-12H2,(H,21,22). The molecule has 3 rings (SSSR count). The SMILES string of the molecule is O=C(O)C1CCCN1CC(=O)N(C1CCCCC1)C1CCS(=O)(=O)C1. The van der Waals surface area contributed by atoms with Crippen molar-refractivity contribution >= 4 is 21.7 Å². The van der Waals surface area contributed by atoms with Crippen LogP contribution in [-0.4, -0.2) is 77.9 Å². The number of hydrogen-bond acceptors (Lipinski definition) is 5. The molecule has 0 aromatic rings. The summed E-state index contributed by atoms with van der Waals surface area (Å²) < 4.78 is 23.8. The van der Waals surface area contributed by atoms with Crippen LogP contribution in [-0.2, 0) is 19.4 Å². The van der Waals surface area contributed by atoms with Crippen molar-refractivity contribution in [3.05, 3.63) is 0 Å². The van der Waals surface area contributed by atoms with E-state index in [2.05, 4.69) is 0 Å². The molecule has 1 amide bonds. The molecule has 7 nitrogen and oxygen atoms in total. The summed E-state index contributed by atoms with van der Waals surface area (Å²) in [6.07, 6.45) is 7.00. The van der Waals surface area contributed by atoms with Gasteiger partial charge in [0.1, 0.15) is 6.04 Å². The largest absolute Gasteiger partial charge is 0.480 e. The number of nitrogens with zero attached hydrogens (tertiary/aromatic N) is 2. The molecule has 25 heavy (non-hydrogen) atoms. The van der Waals surface area contributed by atoms with E-state index in [0.717, 1.165) is 38.5 Å². The third-order valence-corrected chi connectivity index (χ3v) is 7.60. The van der Waals surface area contributed by atoms with E-state index in [0.29, 0.717) is 19.4 Å². The van der Waals surface area contributed by atoms with E-state index in [1.807, 2.05) is 4.90 Å². The Morgan fingerprint density at radius 1 is 1.00 bits per heavy atom. The molecule has 142 valence electrons. The Kier molecular flexibility index (Phi) is 5.68. The molecule has 2 saturated heterocycles. The van der Waals surface area contributed by atoms with E-state index in [1.165, 1.54) is 0 Å². The summed E-state index contributed by atoms with van der Waals surface area (Å²) in [5.74, 6) is -0.771. The summed E-state index contributed by atoms with van der Waals surface area (Å²) in [7, 11) is -3.07. The molecule has 2 unspecified atom stereocenters. The fraction of sp³-hybridized carbons (Fsp3) is 0.882. The number of carbonyl (C=O) groups is 2. The quantitative estimate of drug-likeness (QED) is 0.770. The number of amides is 1. The topological polar surface area (TPSA) is 95.0 Å². The van der Waals surface area contributed by atoms with Crippen molar-refractivity contribution in [2.75, 3.05) is 24.6 Å². The van der Waals surface area contributed by atoms with Crippen LogP contribution >= 0.6 is 0 Å². The molecule has 3 fully saturated rings. The molecule has 2 heterocycles. The first-order valence-electron chi connectivity index (χ1n) is 9.36. The number of rotatable bonds is 5. The normalized spacial score (nSPS) is 30.4. The van der Waals surface area contributed by atoms with Crippen molar-refractivity contribution in [2.24, 2.45) is 0 Å². The molecule has 0 aromatic heterocycles. The third-order valence-electron chi connectivity index (χ3n) is 5.84. The second kappa shape index (κ2) is 7.61. The number of aliphatic carboxylic acids is 1. The van der Waals surface area contributed by atoms with Gasteiger partial charge < -0.3 is 10.0 Å². The number of hydrogen-bond donors (Lipinski definition) is 1. The van der Waals surface area contributed by atoms with Crippen molar-refractivity contribution < 1.29 is 23.1 Å². The monoisotopic (exact) mass is 372 g/mol. The maximum Gasteiger partial charge on any atom is 0.320 e. The van der Waals surface area contributed by atoms with E-state index in [9.17, 15) is 23.1 Å². The van der Waals surface area contributed by atoms with Crippen LogP contribution in [0.1, 0.15) is 51.4 Å².